The van der Waals surface area contributed by atoms with Crippen molar-refractivity contribution >= 4 is 34.5 Å². The third-order valence-corrected chi connectivity index (χ3v) is 3.38. The maximum Gasteiger partial charge on any atom is 0.283 e. The van der Waals surface area contributed by atoms with Crippen LogP contribution in [-0.4, -0.2) is 10.9 Å². The van der Waals surface area contributed by atoms with Gasteiger partial charge in [-0.15, -0.1) is 0 Å². The molecule has 1 amide bonds. The Balaban J connectivity index is 2.05. The van der Waals surface area contributed by atoms with Gasteiger partial charge in [-0.25, -0.2) is 0 Å². The first-order valence-corrected chi connectivity index (χ1v) is 6.72. The van der Waals surface area contributed by atoms with Crippen molar-refractivity contribution < 1.29 is 4.79 Å². The molecule has 0 radical (unpaired) electrons. The number of para-hydroxylation sites is 1. The summed E-state index contributed by atoms with van der Waals surface area (Å²) in [5.41, 5.74) is 3.76. The molecule has 0 fully saturated rings. The molecule has 2 aromatic carbocycles. The molecule has 20 heavy (non-hydrogen) atoms. The monoisotopic (exact) mass is 284 g/mol. The summed E-state index contributed by atoms with van der Waals surface area (Å²) in [6.07, 6.45) is 0. The lowest BCUT2D eigenvalue weighted by Gasteiger charge is -2.12. The lowest BCUT2D eigenvalue weighted by molar-refractivity contribution is -0.110. The van der Waals surface area contributed by atoms with E-state index >= 15 is 0 Å². The van der Waals surface area contributed by atoms with Crippen LogP contribution in [0.1, 0.15) is 11.1 Å². The second-order valence-electron chi connectivity index (χ2n) is 4.52. The Labute approximate surface area is 124 Å². The van der Waals surface area contributed by atoms with Crippen LogP contribution in [0.4, 0.5) is 11.4 Å². The third kappa shape index (κ3) is 3.42. The van der Waals surface area contributed by atoms with Crippen LogP contribution in [0, 0.1) is 13.8 Å². The molecule has 0 aliphatic heterocycles. The molecule has 0 spiro atoms. The molecule has 2 rings (SSSR count). The van der Waals surface area contributed by atoms with Crippen LogP contribution in [0.25, 0.3) is 0 Å². The quantitative estimate of drug-likeness (QED) is 0.827. The molecule has 0 heterocycles. The van der Waals surface area contributed by atoms with Crippen molar-refractivity contribution in [2.45, 2.75) is 13.8 Å². The fourth-order valence-electron chi connectivity index (χ4n) is 1.77. The molecule has 0 saturated carbocycles. The minimum Gasteiger partial charge on any atom is -0.342 e. The van der Waals surface area contributed by atoms with E-state index in [1.165, 1.54) is 0 Å². The van der Waals surface area contributed by atoms with E-state index in [4.69, 9.17) is 12.2 Å². The number of carbonyl (C=O) groups is 1. The summed E-state index contributed by atoms with van der Waals surface area (Å²) in [4.78, 5) is 12.2. The van der Waals surface area contributed by atoms with Gasteiger partial charge < -0.3 is 10.6 Å². The molecule has 2 aromatic rings. The standard InChI is InChI=1S/C16H16N2OS/c1-11-7-6-10-14(12(11)2)18-15(19)16(20)17-13-8-4-3-5-9-13/h3-10H,1-2H3,(H,17,20)(H,18,19). The number of amides is 1. The highest BCUT2D eigenvalue weighted by molar-refractivity contribution is 7.82. The molecular formula is C16H16N2OS. The summed E-state index contributed by atoms with van der Waals surface area (Å²) >= 11 is 5.11. The van der Waals surface area contributed by atoms with Gasteiger partial charge in [0.2, 0.25) is 0 Å². The minimum atomic E-state index is -0.308. The van der Waals surface area contributed by atoms with E-state index < -0.39 is 0 Å². The summed E-state index contributed by atoms with van der Waals surface area (Å²) in [7, 11) is 0. The maximum absolute atomic E-state index is 12.1. The number of nitrogens with one attached hydrogen (secondary N) is 2. The van der Waals surface area contributed by atoms with Crippen LogP contribution in [0.2, 0.25) is 0 Å². The average molecular weight is 284 g/mol. The van der Waals surface area contributed by atoms with Crippen molar-refractivity contribution in [2.24, 2.45) is 0 Å². The van der Waals surface area contributed by atoms with Gasteiger partial charge in [0, 0.05) is 11.4 Å². The van der Waals surface area contributed by atoms with Gasteiger partial charge in [0.05, 0.1) is 0 Å². The van der Waals surface area contributed by atoms with Crippen LogP contribution in [0.15, 0.2) is 48.5 Å². The molecule has 0 saturated heterocycles. The zero-order valence-electron chi connectivity index (χ0n) is 11.4. The molecule has 0 bridgehead atoms. The minimum absolute atomic E-state index is 0.150. The normalized spacial score (nSPS) is 9.90. The lowest BCUT2D eigenvalue weighted by atomic mass is 10.1. The Hall–Kier alpha value is -2.20. The average Bonchev–Trinajstić information content (AvgIpc) is 2.45. The molecule has 2 N–H and O–H groups in total. The van der Waals surface area contributed by atoms with E-state index in [9.17, 15) is 4.79 Å². The van der Waals surface area contributed by atoms with Gasteiger partial charge in [-0.05, 0) is 43.2 Å². The van der Waals surface area contributed by atoms with Crippen molar-refractivity contribution in [1.29, 1.82) is 0 Å². The third-order valence-electron chi connectivity index (χ3n) is 3.09. The van der Waals surface area contributed by atoms with Crippen LogP contribution < -0.4 is 10.6 Å². The first-order chi connectivity index (χ1) is 9.58. The number of hydrogen-bond acceptors (Lipinski definition) is 2. The van der Waals surface area contributed by atoms with Crippen LogP contribution in [0.3, 0.4) is 0 Å². The molecule has 4 heteroatoms. The molecule has 0 atom stereocenters. The number of aryl methyl sites for hydroxylation is 1. The molecule has 0 aliphatic rings. The maximum atomic E-state index is 12.1. The van der Waals surface area contributed by atoms with Crippen molar-refractivity contribution in [3.63, 3.8) is 0 Å². The van der Waals surface area contributed by atoms with Gasteiger partial charge in [-0.3, -0.25) is 4.79 Å². The highest BCUT2D eigenvalue weighted by Crippen LogP contribution is 2.18. The Morgan fingerprint density at radius 2 is 1.65 bits per heavy atom. The van der Waals surface area contributed by atoms with E-state index in [0.717, 1.165) is 22.5 Å². The van der Waals surface area contributed by atoms with E-state index in [1.54, 1.807) is 0 Å². The number of benzene rings is 2. The van der Waals surface area contributed by atoms with Gasteiger partial charge >= 0.3 is 0 Å². The largest absolute Gasteiger partial charge is 0.342 e. The fourth-order valence-corrected chi connectivity index (χ4v) is 1.94. The zero-order valence-corrected chi connectivity index (χ0v) is 12.3. The Kier molecular flexibility index (Phi) is 4.48. The van der Waals surface area contributed by atoms with E-state index in [-0.39, 0.29) is 10.9 Å². The zero-order chi connectivity index (χ0) is 14.5. The Morgan fingerprint density at radius 1 is 0.950 bits per heavy atom. The smallest absolute Gasteiger partial charge is 0.283 e. The van der Waals surface area contributed by atoms with E-state index in [2.05, 4.69) is 10.6 Å². The number of thiocarbonyl (C=S) groups is 1. The first-order valence-electron chi connectivity index (χ1n) is 6.31. The highest BCUT2D eigenvalue weighted by Gasteiger charge is 2.11. The van der Waals surface area contributed by atoms with E-state index in [0.29, 0.717) is 0 Å². The predicted molar refractivity (Wildman–Crippen MR) is 87.2 cm³/mol. The summed E-state index contributed by atoms with van der Waals surface area (Å²) in [6, 6.07) is 15.2. The summed E-state index contributed by atoms with van der Waals surface area (Å²) in [5, 5.41) is 5.74. The molecule has 0 aromatic heterocycles. The summed E-state index contributed by atoms with van der Waals surface area (Å²) in [6.45, 7) is 3.98. The predicted octanol–water partition coefficient (Wildman–Crippen LogP) is 3.68. The van der Waals surface area contributed by atoms with Crippen LogP contribution in [0.5, 0.6) is 0 Å². The molecule has 3 nitrogen and oxygen atoms in total. The van der Waals surface area contributed by atoms with Gasteiger partial charge in [0.1, 0.15) is 0 Å². The van der Waals surface area contributed by atoms with Gasteiger partial charge in [0.25, 0.3) is 5.91 Å². The molecule has 0 aliphatic carbocycles. The molecular weight excluding hydrogens is 268 g/mol. The lowest BCUT2D eigenvalue weighted by Crippen LogP contribution is -2.27. The van der Waals surface area contributed by atoms with Crippen molar-refractivity contribution in [3.8, 4) is 0 Å². The van der Waals surface area contributed by atoms with Crippen LogP contribution >= 0.6 is 12.2 Å². The fraction of sp³-hybridized carbons (Fsp3) is 0.125. The molecule has 102 valence electrons. The Bertz CT molecular complexity index is 638. The SMILES string of the molecule is Cc1cccc(NC(=O)C(=S)Nc2ccccc2)c1C. The number of anilines is 2. The van der Waals surface area contributed by atoms with Crippen LogP contribution in [-0.2, 0) is 4.79 Å². The second kappa shape index (κ2) is 6.30. The van der Waals surface area contributed by atoms with Gasteiger partial charge in [0.15, 0.2) is 4.99 Å². The Morgan fingerprint density at radius 3 is 2.35 bits per heavy atom. The van der Waals surface area contributed by atoms with Gasteiger partial charge in [-0.2, -0.15) is 0 Å². The van der Waals surface area contributed by atoms with Crippen molar-refractivity contribution in [1.82, 2.24) is 0 Å². The summed E-state index contributed by atoms with van der Waals surface area (Å²) in [5.74, 6) is -0.308. The van der Waals surface area contributed by atoms with E-state index in [1.807, 2.05) is 62.4 Å². The topological polar surface area (TPSA) is 41.1 Å². The number of hydrogen-bond donors (Lipinski definition) is 2. The number of rotatable bonds is 2. The van der Waals surface area contributed by atoms with Crippen molar-refractivity contribution in [3.05, 3.63) is 59.7 Å². The molecule has 0 unspecified atom stereocenters. The second-order valence-corrected chi connectivity index (χ2v) is 4.93. The highest BCUT2D eigenvalue weighted by atomic mass is 32.1. The first kappa shape index (κ1) is 14.2. The van der Waals surface area contributed by atoms with Crippen molar-refractivity contribution in [2.75, 3.05) is 10.6 Å². The van der Waals surface area contributed by atoms with Gasteiger partial charge in [-0.1, -0.05) is 42.5 Å². The summed E-state index contributed by atoms with van der Waals surface area (Å²) < 4.78 is 0. The number of carbonyl (C=O) groups excluding carboxylic acids is 1.